The summed E-state index contributed by atoms with van der Waals surface area (Å²) in [5, 5.41) is 0. The molecule has 0 N–H and O–H groups in total. The van der Waals surface area contributed by atoms with Crippen LogP contribution in [0.4, 0.5) is 0 Å². The van der Waals surface area contributed by atoms with Crippen molar-refractivity contribution in [1.82, 2.24) is 0 Å². The lowest BCUT2D eigenvalue weighted by Crippen LogP contribution is -1.97. The number of hydrogen-bond donors (Lipinski definition) is 0. The fourth-order valence-corrected chi connectivity index (χ4v) is 6.37. The summed E-state index contributed by atoms with van der Waals surface area (Å²) in [5.41, 5.74) is 0. The van der Waals surface area contributed by atoms with Crippen molar-refractivity contribution in [3.8, 4) is 0 Å². The van der Waals surface area contributed by atoms with Gasteiger partial charge in [-0.05, 0) is 37.7 Å². The normalized spacial score (nSPS) is 10.8. The lowest BCUT2D eigenvalue weighted by molar-refractivity contribution is 0.607. The van der Waals surface area contributed by atoms with Gasteiger partial charge < -0.3 is 0 Å². The third-order valence-corrected chi connectivity index (χ3v) is 8.33. The zero-order valence-corrected chi connectivity index (χ0v) is 20.9. The number of rotatable bonds is 21. The maximum absolute atomic E-state index is 7.94. The van der Waals surface area contributed by atoms with Crippen molar-refractivity contribution >= 4 is 17.0 Å². The van der Waals surface area contributed by atoms with Gasteiger partial charge >= 0.3 is 0 Å². The van der Waals surface area contributed by atoms with Crippen molar-refractivity contribution in [2.24, 2.45) is 0 Å². The second-order valence-corrected chi connectivity index (χ2v) is 10.8. The molecule has 0 unspecified atom stereocenters. The topological polar surface area (TPSA) is 17.1 Å². The Bertz CT molecular complexity index is 210. The van der Waals surface area contributed by atoms with Gasteiger partial charge in [-0.1, -0.05) is 117 Å². The molecule has 0 saturated carbocycles. The molecule has 0 rings (SSSR count). The van der Waals surface area contributed by atoms with Gasteiger partial charge in [0.15, 0.2) is 0 Å². The fraction of sp³-hybridized carbons (Fsp3) is 1.00. The molecule has 0 fully saturated rings. The van der Waals surface area contributed by atoms with E-state index >= 15 is 0 Å². The van der Waals surface area contributed by atoms with Crippen molar-refractivity contribution in [3.05, 3.63) is 0 Å². The van der Waals surface area contributed by atoms with Gasteiger partial charge in [-0.3, -0.25) is 4.57 Å². The Labute approximate surface area is 176 Å². The Morgan fingerprint density at radius 3 is 0.889 bits per heavy atom. The summed E-state index contributed by atoms with van der Waals surface area (Å²) in [5.74, 6) is 0. The van der Waals surface area contributed by atoms with Crippen LogP contribution in [0, 0.1) is 0 Å². The first-order chi connectivity index (χ1) is 13.3. The molecule has 163 valence electrons. The summed E-state index contributed by atoms with van der Waals surface area (Å²) < 4.78 is 7.94. The van der Waals surface area contributed by atoms with Crippen LogP contribution in [0.5, 0.6) is 0 Å². The molecule has 0 bridgehead atoms. The van der Waals surface area contributed by atoms with Crippen LogP contribution in [0.3, 0.4) is 0 Å². The molecule has 1 radical (unpaired) electrons. The summed E-state index contributed by atoms with van der Waals surface area (Å²) in [6, 6.07) is 0. The molecule has 0 aliphatic heterocycles. The van der Waals surface area contributed by atoms with Gasteiger partial charge in [-0.25, -0.2) is 0 Å². The van der Waals surface area contributed by atoms with Crippen LogP contribution in [0.2, 0.25) is 0 Å². The summed E-state index contributed by atoms with van der Waals surface area (Å²) >= 11 is 0. The van der Waals surface area contributed by atoms with Crippen LogP contribution in [0.1, 0.15) is 136 Å². The van der Waals surface area contributed by atoms with E-state index < -0.39 is 0 Å². The van der Waals surface area contributed by atoms with Crippen LogP contribution in [-0.4, -0.2) is 18.5 Å². The highest BCUT2D eigenvalue weighted by Crippen LogP contribution is 2.39. The second kappa shape index (κ2) is 28.7. The van der Waals surface area contributed by atoms with E-state index in [0.29, 0.717) is 7.92 Å². The van der Waals surface area contributed by atoms with Gasteiger partial charge in [-0.2, -0.15) is 0 Å². The Kier molecular flexibility index (Phi) is 31.6. The summed E-state index contributed by atoms with van der Waals surface area (Å²) in [7, 11) is 2.64. The SMILES string of the molecule is CCCCCCCCP(CCCCCCCC)CCCCCCCC.O=[P]. The highest BCUT2D eigenvalue weighted by atomic mass is 31.1. The monoisotopic (exact) mass is 417 g/mol. The molecule has 0 amide bonds. The quantitative estimate of drug-likeness (QED) is 0.134. The van der Waals surface area contributed by atoms with E-state index in [1.807, 2.05) is 0 Å². The molecule has 0 aromatic carbocycles. The van der Waals surface area contributed by atoms with E-state index in [4.69, 9.17) is 4.57 Å². The van der Waals surface area contributed by atoms with Gasteiger partial charge in [0.25, 0.3) is 9.12 Å². The Morgan fingerprint density at radius 2 is 0.630 bits per heavy atom. The Hall–Kier alpha value is 0.530. The second-order valence-electron chi connectivity index (χ2n) is 8.14. The van der Waals surface area contributed by atoms with Crippen LogP contribution < -0.4 is 0 Å². The Morgan fingerprint density at radius 1 is 0.407 bits per heavy atom. The highest BCUT2D eigenvalue weighted by Gasteiger charge is 2.07. The van der Waals surface area contributed by atoms with E-state index in [1.165, 1.54) is 116 Å². The average Bonchev–Trinajstić information content (AvgIpc) is 2.70. The first-order valence-corrected chi connectivity index (χ1v) is 14.5. The molecule has 3 heteroatoms. The first kappa shape index (κ1) is 29.7. The standard InChI is InChI=1S/C24H51P.OP/c1-4-7-10-13-16-19-22-25(23-20-17-14-11-8-5-2)24-21-18-15-12-9-6-3;1-2/h4-24H2,1-3H3;. The van der Waals surface area contributed by atoms with Gasteiger partial charge in [0.05, 0.1) is 0 Å². The first-order valence-electron chi connectivity index (χ1n) is 12.3. The van der Waals surface area contributed by atoms with E-state index in [0.717, 1.165) is 0 Å². The highest BCUT2D eigenvalue weighted by molar-refractivity contribution is 7.57. The van der Waals surface area contributed by atoms with Crippen LogP contribution in [0.15, 0.2) is 0 Å². The smallest absolute Gasteiger partial charge is 0.261 e. The molecule has 0 atom stereocenters. The predicted octanol–water partition coefficient (Wildman–Crippen LogP) is 10.3. The van der Waals surface area contributed by atoms with Crippen molar-refractivity contribution in [2.45, 2.75) is 136 Å². The van der Waals surface area contributed by atoms with Crippen molar-refractivity contribution in [1.29, 1.82) is 0 Å². The predicted molar refractivity (Wildman–Crippen MR) is 129 cm³/mol. The van der Waals surface area contributed by atoms with E-state index in [2.05, 4.69) is 29.9 Å². The molecule has 0 aromatic heterocycles. The number of hydrogen-bond acceptors (Lipinski definition) is 1. The largest absolute Gasteiger partial charge is 0.261 e. The third-order valence-electron chi connectivity index (χ3n) is 5.48. The Balaban J connectivity index is 0. The molecule has 0 aromatic rings. The molecular formula is C24H51OP2. The minimum absolute atomic E-state index is 0.366. The molecule has 27 heavy (non-hydrogen) atoms. The van der Waals surface area contributed by atoms with Crippen LogP contribution >= 0.6 is 17.0 Å². The maximum atomic E-state index is 7.94. The zero-order valence-electron chi connectivity index (χ0n) is 19.2. The minimum Gasteiger partial charge on any atom is -0.261 e. The lowest BCUT2D eigenvalue weighted by Gasteiger charge is -2.18. The van der Waals surface area contributed by atoms with Crippen LogP contribution in [-0.2, 0) is 4.57 Å². The summed E-state index contributed by atoms with van der Waals surface area (Å²) in [6.07, 6.45) is 31.2. The average molecular weight is 418 g/mol. The maximum Gasteiger partial charge on any atom is 0.261 e. The zero-order chi connectivity index (χ0) is 20.4. The summed E-state index contributed by atoms with van der Waals surface area (Å²) in [6.45, 7) is 6.96. The molecule has 1 nitrogen and oxygen atoms in total. The van der Waals surface area contributed by atoms with E-state index in [-0.39, 0.29) is 0 Å². The lowest BCUT2D eigenvalue weighted by atomic mass is 10.1. The van der Waals surface area contributed by atoms with Crippen molar-refractivity contribution in [2.75, 3.05) is 18.5 Å². The fourth-order valence-electron chi connectivity index (χ4n) is 3.68. The molecule has 0 saturated heterocycles. The van der Waals surface area contributed by atoms with Gasteiger partial charge in [0.2, 0.25) is 0 Å². The van der Waals surface area contributed by atoms with Crippen LogP contribution in [0.25, 0.3) is 0 Å². The number of unbranched alkanes of at least 4 members (excludes halogenated alkanes) is 15. The molecular weight excluding hydrogens is 366 g/mol. The van der Waals surface area contributed by atoms with Gasteiger partial charge in [-0.15, -0.1) is 7.92 Å². The van der Waals surface area contributed by atoms with Crippen molar-refractivity contribution < 1.29 is 4.57 Å². The van der Waals surface area contributed by atoms with Crippen molar-refractivity contribution in [3.63, 3.8) is 0 Å². The molecule has 0 aliphatic rings. The van der Waals surface area contributed by atoms with Gasteiger partial charge in [0, 0.05) is 0 Å². The van der Waals surface area contributed by atoms with E-state index in [9.17, 15) is 0 Å². The minimum atomic E-state index is 0.366. The summed E-state index contributed by atoms with van der Waals surface area (Å²) in [4.78, 5) is 0. The third kappa shape index (κ3) is 26.5. The molecule has 0 heterocycles. The van der Waals surface area contributed by atoms with Gasteiger partial charge in [0.1, 0.15) is 0 Å². The molecule has 0 spiro atoms. The molecule has 0 aliphatic carbocycles. The van der Waals surface area contributed by atoms with E-state index in [1.54, 1.807) is 18.5 Å².